The van der Waals surface area contributed by atoms with Gasteiger partial charge in [0.2, 0.25) is 5.91 Å². The van der Waals surface area contributed by atoms with Crippen LogP contribution < -0.4 is 10.6 Å². The van der Waals surface area contributed by atoms with Gasteiger partial charge in [-0.2, -0.15) is 0 Å². The van der Waals surface area contributed by atoms with Crippen molar-refractivity contribution in [3.8, 4) is 0 Å². The molecule has 1 aromatic carbocycles. The van der Waals surface area contributed by atoms with Crippen molar-refractivity contribution in [1.29, 1.82) is 0 Å². The van der Waals surface area contributed by atoms with Crippen LogP contribution in [0.25, 0.3) is 0 Å². The molecule has 122 valence electrons. The molecule has 4 heteroatoms. The number of piperidine rings is 1. The molecule has 2 bridgehead atoms. The summed E-state index contributed by atoms with van der Waals surface area (Å²) >= 11 is 0. The average molecular weight is 323 g/mol. The van der Waals surface area contributed by atoms with Gasteiger partial charge in [-0.1, -0.05) is 37.3 Å². The molecule has 1 amide bonds. The Morgan fingerprint density at radius 1 is 1.23 bits per heavy atom. The highest BCUT2D eigenvalue weighted by atomic mass is 35.5. The lowest BCUT2D eigenvalue weighted by atomic mass is 9.89. The molecule has 0 aromatic heterocycles. The zero-order valence-corrected chi connectivity index (χ0v) is 14.1. The highest BCUT2D eigenvalue weighted by Gasteiger charge is 2.34. The third-order valence-corrected chi connectivity index (χ3v) is 4.99. The van der Waals surface area contributed by atoms with E-state index in [2.05, 4.69) is 29.7 Å². The zero-order chi connectivity index (χ0) is 14.7. The maximum atomic E-state index is 12.4. The van der Waals surface area contributed by atoms with E-state index in [-0.39, 0.29) is 24.4 Å². The second-order valence-corrected chi connectivity index (χ2v) is 6.62. The van der Waals surface area contributed by atoms with E-state index in [1.165, 1.54) is 31.2 Å². The summed E-state index contributed by atoms with van der Waals surface area (Å²) in [5.41, 5.74) is 1.21. The van der Waals surface area contributed by atoms with Crippen molar-refractivity contribution < 1.29 is 4.79 Å². The lowest BCUT2D eigenvalue weighted by Crippen LogP contribution is -2.40. The van der Waals surface area contributed by atoms with Gasteiger partial charge >= 0.3 is 0 Å². The molecule has 0 aliphatic carbocycles. The molecule has 2 N–H and O–H groups in total. The summed E-state index contributed by atoms with van der Waals surface area (Å²) in [5.74, 6) is 0.786. The van der Waals surface area contributed by atoms with E-state index in [9.17, 15) is 4.79 Å². The molecule has 2 saturated heterocycles. The maximum Gasteiger partial charge on any atom is 0.220 e. The van der Waals surface area contributed by atoms with Crippen molar-refractivity contribution in [2.24, 2.45) is 5.92 Å². The van der Waals surface area contributed by atoms with Gasteiger partial charge < -0.3 is 10.6 Å². The van der Waals surface area contributed by atoms with Crippen LogP contribution in [0, 0.1) is 5.92 Å². The predicted octanol–water partition coefficient (Wildman–Crippen LogP) is 3.60. The molecule has 2 fully saturated rings. The van der Waals surface area contributed by atoms with Gasteiger partial charge in [0.05, 0.1) is 6.04 Å². The van der Waals surface area contributed by atoms with Crippen LogP contribution in [0.3, 0.4) is 0 Å². The summed E-state index contributed by atoms with van der Waals surface area (Å²) < 4.78 is 0. The topological polar surface area (TPSA) is 41.1 Å². The van der Waals surface area contributed by atoms with Gasteiger partial charge in [-0.25, -0.2) is 0 Å². The van der Waals surface area contributed by atoms with E-state index in [0.717, 1.165) is 6.42 Å². The fraction of sp³-hybridized carbons (Fsp3) is 0.611. The molecule has 0 saturated carbocycles. The summed E-state index contributed by atoms with van der Waals surface area (Å²) in [7, 11) is 0. The molecule has 1 aromatic rings. The molecule has 2 aliphatic heterocycles. The smallest absolute Gasteiger partial charge is 0.220 e. The van der Waals surface area contributed by atoms with Crippen molar-refractivity contribution in [2.75, 3.05) is 0 Å². The van der Waals surface area contributed by atoms with E-state index in [4.69, 9.17) is 0 Å². The van der Waals surface area contributed by atoms with Crippen molar-refractivity contribution in [2.45, 2.75) is 63.6 Å². The van der Waals surface area contributed by atoms with Gasteiger partial charge in [-0.3, -0.25) is 4.79 Å². The van der Waals surface area contributed by atoms with Crippen LogP contribution in [0.4, 0.5) is 0 Å². The fourth-order valence-corrected chi connectivity index (χ4v) is 3.96. The fourth-order valence-electron chi connectivity index (χ4n) is 3.96. The van der Waals surface area contributed by atoms with Gasteiger partial charge in [0.1, 0.15) is 0 Å². The SMILES string of the molecule is CCC(NC(=O)CC1CC2CCC(C1)N2)c1ccccc1.Cl. The number of fused-ring (bicyclic) bond motifs is 2. The third kappa shape index (κ3) is 4.23. The van der Waals surface area contributed by atoms with Crippen molar-refractivity contribution in [3.63, 3.8) is 0 Å². The lowest BCUT2D eigenvalue weighted by Gasteiger charge is -2.29. The summed E-state index contributed by atoms with van der Waals surface area (Å²) in [4.78, 5) is 12.4. The Balaban J connectivity index is 0.00000176. The number of carbonyl (C=O) groups is 1. The number of hydrogen-bond acceptors (Lipinski definition) is 2. The molecule has 3 rings (SSSR count). The minimum Gasteiger partial charge on any atom is -0.349 e. The minimum absolute atomic E-state index is 0. The first-order chi connectivity index (χ1) is 10.2. The number of hydrogen-bond donors (Lipinski definition) is 2. The second-order valence-electron chi connectivity index (χ2n) is 6.62. The Labute approximate surface area is 139 Å². The van der Waals surface area contributed by atoms with E-state index in [0.29, 0.717) is 24.4 Å². The van der Waals surface area contributed by atoms with Gasteiger partial charge in [0.15, 0.2) is 0 Å². The van der Waals surface area contributed by atoms with E-state index < -0.39 is 0 Å². The first-order valence-corrected chi connectivity index (χ1v) is 8.35. The molecule has 2 heterocycles. The molecular weight excluding hydrogens is 296 g/mol. The van der Waals surface area contributed by atoms with Crippen LogP contribution in [-0.4, -0.2) is 18.0 Å². The molecule has 0 spiro atoms. The Bertz CT molecular complexity index is 467. The molecule has 0 radical (unpaired) electrons. The number of nitrogens with one attached hydrogen (secondary N) is 2. The van der Waals surface area contributed by atoms with Crippen LogP contribution in [0.5, 0.6) is 0 Å². The standard InChI is InChI=1S/C18H26N2O.ClH/c1-2-17(14-6-4-3-5-7-14)20-18(21)12-13-10-15-8-9-16(11-13)19-15;/h3-7,13,15-17,19H,2,8-12H2,1H3,(H,20,21);1H. The Morgan fingerprint density at radius 3 is 2.45 bits per heavy atom. The number of halogens is 1. The number of benzene rings is 1. The maximum absolute atomic E-state index is 12.4. The number of carbonyl (C=O) groups excluding carboxylic acids is 1. The summed E-state index contributed by atoms with van der Waals surface area (Å²) in [6.07, 6.45) is 6.57. The highest BCUT2D eigenvalue weighted by molar-refractivity contribution is 5.85. The minimum atomic E-state index is 0. The summed E-state index contributed by atoms with van der Waals surface area (Å²) in [6.45, 7) is 2.13. The van der Waals surface area contributed by atoms with Gasteiger partial charge in [0, 0.05) is 18.5 Å². The molecule has 3 nitrogen and oxygen atoms in total. The third-order valence-electron chi connectivity index (χ3n) is 4.99. The van der Waals surface area contributed by atoms with Crippen molar-refractivity contribution in [3.05, 3.63) is 35.9 Å². The summed E-state index contributed by atoms with van der Waals surface area (Å²) in [5, 5.41) is 6.86. The Hall–Kier alpha value is -1.06. The van der Waals surface area contributed by atoms with E-state index in [1.54, 1.807) is 0 Å². The normalized spacial score (nSPS) is 27.8. The average Bonchev–Trinajstić information content (AvgIpc) is 2.84. The Kier molecular flexibility index (Phi) is 6.27. The molecule has 3 unspecified atom stereocenters. The van der Waals surface area contributed by atoms with Crippen molar-refractivity contribution >= 4 is 18.3 Å². The van der Waals surface area contributed by atoms with Crippen LogP contribution >= 0.6 is 12.4 Å². The lowest BCUT2D eigenvalue weighted by molar-refractivity contribution is -0.123. The van der Waals surface area contributed by atoms with Gasteiger partial charge in [-0.15, -0.1) is 12.4 Å². The quantitative estimate of drug-likeness (QED) is 0.869. The predicted molar refractivity (Wildman–Crippen MR) is 92.2 cm³/mol. The number of amides is 1. The van der Waals surface area contributed by atoms with Crippen LogP contribution in [0.1, 0.15) is 57.1 Å². The second kappa shape index (κ2) is 7.98. The Morgan fingerprint density at radius 2 is 1.86 bits per heavy atom. The van der Waals surface area contributed by atoms with Gasteiger partial charge in [0.25, 0.3) is 0 Å². The van der Waals surface area contributed by atoms with Crippen LogP contribution in [0.15, 0.2) is 30.3 Å². The van der Waals surface area contributed by atoms with E-state index >= 15 is 0 Å². The molecule has 3 atom stereocenters. The molecule has 2 aliphatic rings. The first-order valence-electron chi connectivity index (χ1n) is 8.35. The molecular formula is C18H27ClN2O. The van der Waals surface area contributed by atoms with Crippen LogP contribution in [0.2, 0.25) is 0 Å². The van der Waals surface area contributed by atoms with Crippen molar-refractivity contribution in [1.82, 2.24) is 10.6 Å². The first kappa shape index (κ1) is 17.3. The van der Waals surface area contributed by atoms with Crippen LogP contribution in [-0.2, 0) is 4.79 Å². The summed E-state index contributed by atoms with van der Waals surface area (Å²) in [6, 6.07) is 11.8. The molecule has 22 heavy (non-hydrogen) atoms. The zero-order valence-electron chi connectivity index (χ0n) is 13.3. The monoisotopic (exact) mass is 322 g/mol. The number of rotatable bonds is 5. The largest absolute Gasteiger partial charge is 0.349 e. The van der Waals surface area contributed by atoms with Gasteiger partial charge in [-0.05, 0) is 43.6 Å². The van der Waals surface area contributed by atoms with E-state index in [1.807, 2.05) is 18.2 Å². The highest BCUT2D eigenvalue weighted by Crippen LogP contribution is 2.32.